The zero-order valence-corrected chi connectivity index (χ0v) is 8.20. The summed E-state index contributed by atoms with van der Waals surface area (Å²) in [7, 11) is 1.71. The van der Waals surface area contributed by atoms with Gasteiger partial charge in [-0.25, -0.2) is 8.42 Å². The van der Waals surface area contributed by atoms with Crippen LogP contribution in [0.4, 0.5) is 0 Å². The first-order chi connectivity index (χ1) is 5.58. The minimum Gasteiger partial charge on any atom is -0.501 e. The largest absolute Gasteiger partial charge is 0.501 e. The second kappa shape index (κ2) is 4.14. The molecule has 0 radical (unpaired) electrons. The van der Waals surface area contributed by atoms with Gasteiger partial charge < -0.3 is 4.74 Å². The molecule has 0 aliphatic carbocycles. The van der Waals surface area contributed by atoms with E-state index < -0.39 is 9.05 Å². The van der Waals surface area contributed by atoms with Crippen molar-refractivity contribution in [1.29, 1.82) is 0 Å². The van der Waals surface area contributed by atoms with Crippen LogP contribution in [0.3, 0.4) is 0 Å². The molecule has 0 aromatic heterocycles. The van der Waals surface area contributed by atoms with E-state index in [1.807, 2.05) is 0 Å². The average Bonchev–Trinajstić information content (AvgIpc) is 2.02. The minimum absolute atomic E-state index is 0.00372. The fraction of sp³-hybridized carbons (Fsp3) is 0.714. The molecule has 0 atom stereocenters. The van der Waals surface area contributed by atoms with Crippen molar-refractivity contribution in [3.05, 3.63) is 11.8 Å². The number of allylic oxidation sites excluding steroid dienone is 1. The van der Waals surface area contributed by atoms with Crippen LogP contribution in [-0.2, 0) is 13.8 Å². The van der Waals surface area contributed by atoms with E-state index in [9.17, 15) is 8.42 Å². The Bertz CT molecular complexity index is 268. The van der Waals surface area contributed by atoms with E-state index in [-0.39, 0.29) is 5.75 Å². The zero-order chi connectivity index (χ0) is 9.03. The van der Waals surface area contributed by atoms with Crippen molar-refractivity contribution in [1.82, 2.24) is 0 Å². The third kappa shape index (κ3) is 3.97. The summed E-state index contributed by atoms with van der Waals surface area (Å²) in [5.41, 5.74) is 1.03. The predicted octanol–water partition coefficient (Wildman–Crippen LogP) is 1.64. The molecule has 0 spiro atoms. The van der Waals surface area contributed by atoms with Gasteiger partial charge in [0, 0.05) is 10.7 Å². The molecule has 0 N–H and O–H groups in total. The fourth-order valence-corrected chi connectivity index (χ4v) is 1.79. The molecule has 0 fully saturated rings. The smallest absolute Gasteiger partial charge is 0.232 e. The molecule has 0 unspecified atom stereocenters. The molecule has 12 heavy (non-hydrogen) atoms. The lowest BCUT2D eigenvalue weighted by Gasteiger charge is -2.12. The van der Waals surface area contributed by atoms with Gasteiger partial charge in [-0.05, 0) is 24.8 Å². The van der Waals surface area contributed by atoms with Crippen molar-refractivity contribution in [2.75, 3.05) is 12.4 Å². The number of hydrogen-bond donors (Lipinski definition) is 0. The standard InChI is InChI=1S/C7H11ClO3S/c8-12(9,10)5-3-7-2-1-4-11-6-7/h6H,1-5H2. The Morgan fingerprint density at radius 1 is 1.58 bits per heavy atom. The van der Waals surface area contributed by atoms with Gasteiger partial charge in [-0.2, -0.15) is 0 Å². The summed E-state index contributed by atoms with van der Waals surface area (Å²) < 4.78 is 26.2. The Labute approximate surface area is 76.8 Å². The first-order valence-corrected chi connectivity index (χ1v) is 6.27. The third-order valence-corrected chi connectivity index (χ3v) is 2.83. The summed E-state index contributed by atoms with van der Waals surface area (Å²) in [5, 5.41) is 0. The molecule has 1 rings (SSSR count). The average molecular weight is 211 g/mol. The first-order valence-electron chi connectivity index (χ1n) is 3.80. The molecule has 0 amide bonds. The van der Waals surface area contributed by atoms with Crippen LogP contribution in [0.5, 0.6) is 0 Å². The molecular formula is C7H11ClO3S. The van der Waals surface area contributed by atoms with E-state index in [1.54, 1.807) is 6.26 Å². The molecule has 0 saturated carbocycles. The maximum absolute atomic E-state index is 10.6. The Kier molecular flexibility index (Phi) is 3.40. The molecule has 70 valence electrons. The molecule has 0 saturated heterocycles. The molecule has 1 aliphatic rings. The van der Waals surface area contributed by atoms with Crippen LogP contribution in [0, 0.1) is 0 Å². The van der Waals surface area contributed by atoms with Crippen LogP contribution < -0.4 is 0 Å². The number of hydrogen-bond acceptors (Lipinski definition) is 3. The van der Waals surface area contributed by atoms with Gasteiger partial charge in [-0.3, -0.25) is 0 Å². The van der Waals surface area contributed by atoms with Gasteiger partial charge in [0.25, 0.3) is 0 Å². The minimum atomic E-state index is -3.35. The van der Waals surface area contributed by atoms with Crippen LogP contribution in [0.15, 0.2) is 11.8 Å². The molecule has 1 heterocycles. The highest BCUT2D eigenvalue weighted by molar-refractivity contribution is 8.13. The van der Waals surface area contributed by atoms with Gasteiger partial charge in [0.15, 0.2) is 0 Å². The van der Waals surface area contributed by atoms with E-state index in [0.29, 0.717) is 6.42 Å². The lowest BCUT2D eigenvalue weighted by Crippen LogP contribution is -2.04. The van der Waals surface area contributed by atoms with Crippen LogP contribution in [-0.4, -0.2) is 20.8 Å². The lowest BCUT2D eigenvalue weighted by atomic mass is 10.1. The Morgan fingerprint density at radius 2 is 2.33 bits per heavy atom. The van der Waals surface area contributed by atoms with Crippen LogP contribution in [0.1, 0.15) is 19.3 Å². The van der Waals surface area contributed by atoms with Crippen molar-refractivity contribution >= 4 is 19.7 Å². The topological polar surface area (TPSA) is 43.4 Å². The normalized spacial score (nSPS) is 18.2. The van der Waals surface area contributed by atoms with Gasteiger partial charge in [-0.1, -0.05) is 0 Å². The third-order valence-electron chi connectivity index (χ3n) is 1.68. The Hall–Kier alpha value is -0.220. The highest BCUT2D eigenvalue weighted by Crippen LogP contribution is 2.16. The first kappa shape index (κ1) is 9.86. The van der Waals surface area contributed by atoms with Gasteiger partial charge in [0.2, 0.25) is 9.05 Å². The predicted molar refractivity (Wildman–Crippen MR) is 47.5 cm³/mol. The Balaban J connectivity index is 2.36. The summed E-state index contributed by atoms with van der Waals surface area (Å²) in [5.74, 6) is 0.00372. The summed E-state index contributed by atoms with van der Waals surface area (Å²) >= 11 is 0. The van der Waals surface area contributed by atoms with Crippen LogP contribution >= 0.6 is 10.7 Å². The highest BCUT2D eigenvalue weighted by Gasteiger charge is 2.09. The summed E-state index contributed by atoms with van der Waals surface area (Å²) in [6, 6.07) is 0. The van der Waals surface area contributed by atoms with Crippen LogP contribution in [0.25, 0.3) is 0 Å². The second-order valence-corrected chi connectivity index (χ2v) is 5.64. The van der Waals surface area contributed by atoms with Crippen molar-refractivity contribution < 1.29 is 13.2 Å². The van der Waals surface area contributed by atoms with E-state index in [4.69, 9.17) is 15.4 Å². The highest BCUT2D eigenvalue weighted by atomic mass is 35.7. The van der Waals surface area contributed by atoms with E-state index in [0.717, 1.165) is 25.0 Å². The monoisotopic (exact) mass is 210 g/mol. The van der Waals surface area contributed by atoms with E-state index in [1.165, 1.54) is 0 Å². The zero-order valence-electron chi connectivity index (χ0n) is 6.62. The van der Waals surface area contributed by atoms with Gasteiger partial charge >= 0.3 is 0 Å². The van der Waals surface area contributed by atoms with Crippen molar-refractivity contribution in [3.63, 3.8) is 0 Å². The molecular weight excluding hydrogens is 200 g/mol. The van der Waals surface area contributed by atoms with Gasteiger partial charge in [0.05, 0.1) is 18.6 Å². The maximum Gasteiger partial charge on any atom is 0.232 e. The fourth-order valence-electron chi connectivity index (χ4n) is 1.06. The summed E-state index contributed by atoms with van der Waals surface area (Å²) in [4.78, 5) is 0. The number of halogens is 1. The molecule has 5 heteroatoms. The Morgan fingerprint density at radius 3 is 2.83 bits per heavy atom. The summed E-state index contributed by atoms with van der Waals surface area (Å²) in [6.07, 6.45) is 4.03. The van der Waals surface area contributed by atoms with E-state index >= 15 is 0 Å². The van der Waals surface area contributed by atoms with E-state index in [2.05, 4.69) is 0 Å². The van der Waals surface area contributed by atoms with Crippen molar-refractivity contribution in [3.8, 4) is 0 Å². The van der Waals surface area contributed by atoms with Gasteiger partial charge in [-0.15, -0.1) is 0 Å². The van der Waals surface area contributed by atoms with Gasteiger partial charge in [0.1, 0.15) is 0 Å². The SMILES string of the molecule is O=S(=O)(Cl)CCC1=COCCC1. The number of rotatable bonds is 3. The lowest BCUT2D eigenvalue weighted by molar-refractivity contribution is 0.223. The molecule has 0 aromatic carbocycles. The van der Waals surface area contributed by atoms with Crippen molar-refractivity contribution in [2.24, 2.45) is 0 Å². The van der Waals surface area contributed by atoms with Crippen LogP contribution in [0.2, 0.25) is 0 Å². The molecule has 1 aliphatic heterocycles. The number of ether oxygens (including phenoxy) is 1. The summed E-state index contributed by atoms with van der Waals surface area (Å²) in [6.45, 7) is 0.733. The maximum atomic E-state index is 10.6. The second-order valence-electron chi connectivity index (χ2n) is 2.74. The molecule has 0 aromatic rings. The quantitative estimate of drug-likeness (QED) is 0.666. The van der Waals surface area contributed by atoms with Crippen molar-refractivity contribution in [2.45, 2.75) is 19.3 Å². The molecule has 3 nitrogen and oxygen atoms in total. The molecule has 0 bridgehead atoms.